The fourth-order valence-corrected chi connectivity index (χ4v) is 2.94. The molecule has 0 unspecified atom stereocenters. The minimum absolute atomic E-state index is 0.0665. The maximum Gasteiger partial charge on any atom is 0.228 e. The van der Waals surface area contributed by atoms with E-state index in [1.54, 1.807) is 47.3 Å². The molecule has 25 heavy (non-hydrogen) atoms. The highest BCUT2D eigenvalue weighted by atomic mass is 16.5. The predicted molar refractivity (Wildman–Crippen MR) is 97.0 cm³/mol. The van der Waals surface area contributed by atoms with E-state index in [0.717, 1.165) is 0 Å². The first kappa shape index (κ1) is 18.6. The highest BCUT2D eigenvalue weighted by Crippen LogP contribution is 2.36. The Hall–Kier alpha value is -2.76. The van der Waals surface area contributed by atoms with E-state index < -0.39 is 0 Å². The molecule has 6 nitrogen and oxygen atoms in total. The van der Waals surface area contributed by atoms with Crippen LogP contribution < -0.4 is 14.4 Å². The minimum Gasteiger partial charge on any atom is -0.497 e. The van der Waals surface area contributed by atoms with Crippen LogP contribution in [0, 0.1) is 5.92 Å². The van der Waals surface area contributed by atoms with Gasteiger partial charge in [0, 0.05) is 32.1 Å². The molecule has 0 aliphatic carbocycles. The van der Waals surface area contributed by atoms with Gasteiger partial charge in [-0.15, -0.1) is 13.2 Å². The summed E-state index contributed by atoms with van der Waals surface area (Å²) < 4.78 is 10.6. The van der Waals surface area contributed by atoms with Crippen LogP contribution in [-0.4, -0.2) is 50.6 Å². The Bertz CT molecular complexity index is 661. The monoisotopic (exact) mass is 344 g/mol. The lowest BCUT2D eigenvalue weighted by molar-refractivity contribution is -0.134. The number of carbonyl (C=O) groups is 2. The van der Waals surface area contributed by atoms with Gasteiger partial charge in [0.2, 0.25) is 11.8 Å². The lowest BCUT2D eigenvalue weighted by Gasteiger charge is -2.23. The summed E-state index contributed by atoms with van der Waals surface area (Å²) in [7, 11) is 3.11. The number of rotatable bonds is 8. The molecule has 1 aliphatic rings. The molecule has 1 aromatic carbocycles. The number of hydrogen-bond acceptors (Lipinski definition) is 4. The van der Waals surface area contributed by atoms with Crippen molar-refractivity contribution in [2.24, 2.45) is 5.92 Å². The van der Waals surface area contributed by atoms with Gasteiger partial charge in [0.1, 0.15) is 11.5 Å². The van der Waals surface area contributed by atoms with Crippen molar-refractivity contribution in [3.63, 3.8) is 0 Å². The van der Waals surface area contributed by atoms with E-state index in [-0.39, 0.29) is 24.2 Å². The van der Waals surface area contributed by atoms with E-state index in [4.69, 9.17) is 9.47 Å². The van der Waals surface area contributed by atoms with Crippen molar-refractivity contribution >= 4 is 17.5 Å². The van der Waals surface area contributed by atoms with E-state index in [1.807, 2.05) is 0 Å². The lowest BCUT2D eigenvalue weighted by Crippen LogP contribution is -2.37. The van der Waals surface area contributed by atoms with Crippen molar-refractivity contribution < 1.29 is 19.1 Å². The number of nitrogens with zero attached hydrogens (tertiary/aromatic N) is 2. The van der Waals surface area contributed by atoms with Crippen LogP contribution in [0.15, 0.2) is 43.5 Å². The maximum absolute atomic E-state index is 12.7. The second-order valence-electron chi connectivity index (χ2n) is 5.76. The molecule has 1 aliphatic heterocycles. The molecule has 134 valence electrons. The van der Waals surface area contributed by atoms with Gasteiger partial charge in [-0.3, -0.25) is 9.59 Å². The van der Waals surface area contributed by atoms with Gasteiger partial charge in [-0.05, 0) is 12.1 Å². The van der Waals surface area contributed by atoms with E-state index in [9.17, 15) is 9.59 Å². The van der Waals surface area contributed by atoms with Gasteiger partial charge in [-0.2, -0.15) is 0 Å². The standard InChI is InChI=1S/C19H24N2O4/c1-5-9-20(10-6-2)19(23)14-11-18(22)21(13-14)16-8-7-15(24-3)12-17(16)25-4/h5-8,12,14H,1-2,9-11,13H2,3-4H3/t14-/m1/s1. The summed E-state index contributed by atoms with van der Waals surface area (Å²) in [6, 6.07) is 5.26. The summed E-state index contributed by atoms with van der Waals surface area (Å²) >= 11 is 0. The van der Waals surface area contributed by atoms with Crippen molar-refractivity contribution in [1.29, 1.82) is 0 Å². The molecule has 0 aromatic heterocycles. The first-order valence-corrected chi connectivity index (χ1v) is 8.08. The Morgan fingerprint density at radius 3 is 2.52 bits per heavy atom. The zero-order valence-corrected chi connectivity index (χ0v) is 14.7. The van der Waals surface area contributed by atoms with Crippen LogP contribution in [0.25, 0.3) is 0 Å². The van der Waals surface area contributed by atoms with Crippen molar-refractivity contribution in [2.75, 3.05) is 38.8 Å². The van der Waals surface area contributed by atoms with Gasteiger partial charge in [-0.25, -0.2) is 0 Å². The molecule has 0 spiro atoms. The predicted octanol–water partition coefficient (Wildman–Crippen LogP) is 2.26. The minimum atomic E-state index is -0.390. The topological polar surface area (TPSA) is 59.1 Å². The molecule has 1 atom stereocenters. The van der Waals surface area contributed by atoms with E-state index in [0.29, 0.717) is 36.8 Å². The number of benzene rings is 1. The summed E-state index contributed by atoms with van der Waals surface area (Å²) in [5.41, 5.74) is 0.641. The third-order valence-electron chi connectivity index (χ3n) is 4.16. The van der Waals surface area contributed by atoms with Crippen LogP contribution in [0.1, 0.15) is 6.42 Å². The maximum atomic E-state index is 12.7. The Balaban J connectivity index is 2.21. The van der Waals surface area contributed by atoms with E-state index in [2.05, 4.69) is 13.2 Å². The second-order valence-corrected chi connectivity index (χ2v) is 5.76. The quantitative estimate of drug-likeness (QED) is 0.679. The average molecular weight is 344 g/mol. The molecule has 0 radical (unpaired) electrons. The number of hydrogen-bond donors (Lipinski definition) is 0. The highest BCUT2D eigenvalue weighted by Gasteiger charge is 2.37. The van der Waals surface area contributed by atoms with Gasteiger partial charge in [0.25, 0.3) is 0 Å². The smallest absolute Gasteiger partial charge is 0.228 e. The fourth-order valence-electron chi connectivity index (χ4n) is 2.94. The van der Waals surface area contributed by atoms with E-state index in [1.165, 1.54) is 7.11 Å². The largest absolute Gasteiger partial charge is 0.497 e. The Kier molecular flexibility index (Phi) is 6.22. The third-order valence-corrected chi connectivity index (χ3v) is 4.16. The van der Waals surface area contributed by atoms with Crippen LogP contribution >= 0.6 is 0 Å². The molecule has 1 fully saturated rings. The molecule has 6 heteroatoms. The molecule has 1 heterocycles. The van der Waals surface area contributed by atoms with Crippen molar-refractivity contribution in [2.45, 2.75) is 6.42 Å². The summed E-state index contributed by atoms with van der Waals surface area (Å²) in [4.78, 5) is 28.4. The molecule has 0 N–H and O–H groups in total. The van der Waals surface area contributed by atoms with Gasteiger partial charge in [0.05, 0.1) is 25.8 Å². The Morgan fingerprint density at radius 2 is 1.96 bits per heavy atom. The van der Waals surface area contributed by atoms with Crippen molar-refractivity contribution in [3.8, 4) is 11.5 Å². The molecular weight excluding hydrogens is 320 g/mol. The van der Waals surface area contributed by atoms with Crippen LogP contribution in [0.2, 0.25) is 0 Å². The number of anilines is 1. The first-order valence-electron chi connectivity index (χ1n) is 8.08. The van der Waals surface area contributed by atoms with Crippen LogP contribution in [0.4, 0.5) is 5.69 Å². The van der Waals surface area contributed by atoms with Gasteiger partial charge in [0.15, 0.2) is 0 Å². The summed E-state index contributed by atoms with van der Waals surface area (Å²) in [6.07, 6.45) is 3.52. The Labute approximate surface area is 148 Å². The highest BCUT2D eigenvalue weighted by molar-refractivity contribution is 6.01. The average Bonchev–Trinajstić information content (AvgIpc) is 3.01. The van der Waals surface area contributed by atoms with Gasteiger partial charge in [-0.1, -0.05) is 12.2 Å². The van der Waals surface area contributed by atoms with Crippen LogP contribution in [-0.2, 0) is 9.59 Å². The zero-order chi connectivity index (χ0) is 18.4. The molecule has 1 saturated heterocycles. The van der Waals surface area contributed by atoms with E-state index >= 15 is 0 Å². The molecular formula is C19H24N2O4. The van der Waals surface area contributed by atoms with Crippen molar-refractivity contribution in [3.05, 3.63) is 43.5 Å². The van der Waals surface area contributed by atoms with Crippen molar-refractivity contribution in [1.82, 2.24) is 4.90 Å². The molecule has 0 bridgehead atoms. The first-order chi connectivity index (χ1) is 12.0. The van der Waals surface area contributed by atoms with Gasteiger partial charge >= 0.3 is 0 Å². The molecule has 2 amide bonds. The molecule has 2 rings (SSSR count). The number of amides is 2. The number of methoxy groups -OCH3 is 2. The zero-order valence-electron chi connectivity index (χ0n) is 14.7. The van der Waals surface area contributed by atoms with Crippen LogP contribution in [0.3, 0.4) is 0 Å². The normalized spacial score (nSPS) is 16.5. The lowest BCUT2D eigenvalue weighted by atomic mass is 10.1. The fraction of sp³-hybridized carbons (Fsp3) is 0.368. The summed E-state index contributed by atoms with van der Waals surface area (Å²) in [5, 5.41) is 0. The number of ether oxygens (including phenoxy) is 2. The molecule has 0 saturated carbocycles. The Morgan fingerprint density at radius 1 is 1.28 bits per heavy atom. The second kappa shape index (κ2) is 8.37. The molecule has 1 aromatic rings. The third kappa shape index (κ3) is 4.02. The number of carbonyl (C=O) groups excluding carboxylic acids is 2. The SMILES string of the molecule is C=CCN(CC=C)C(=O)[C@@H]1CC(=O)N(c2ccc(OC)cc2OC)C1. The van der Waals surface area contributed by atoms with Gasteiger partial charge < -0.3 is 19.3 Å². The van der Waals surface area contributed by atoms with Crippen LogP contribution in [0.5, 0.6) is 11.5 Å². The summed E-state index contributed by atoms with van der Waals surface area (Å²) in [5.74, 6) is 0.624. The summed E-state index contributed by atoms with van der Waals surface area (Å²) in [6.45, 7) is 8.54.